The van der Waals surface area contributed by atoms with Crippen LogP contribution in [0.4, 0.5) is 4.39 Å². The Labute approximate surface area is 145 Å². The molecule has 1 aromatic heterocycles. The lowest BCUT2D eigenvalue weighted by Crippen LogP contribution is -2.31. The van der Waals surface area contributed by atoms with E-state index >= 15 is 0 Å². The molecule has 1 aliphatic carbocycles. The van der Waals surface area contributed by atoms with Crippen LogP contribution in [-0.2, 0) is 0 Å². The van der Waals surface area contributed by atoms with Crippen molar-refractivity contribution in [3.8, 4) is 0 Å². The molecule has 4 rings (SSSR count). The molecule has 2 aromatic rings. The van der Waals surface area contributed by atoms with E-state index in [-0.39, 0.29) is 17.8 Å². The van der Waals surface area contributed by atoms with Gasteiger partial charge >= 0.3 is 0 Å². The number of amides is 1. The standard InChI is InChI=1S/C19H21FN2OS/c1-11-10-15(12(2)22(11)13-6-7-13)19(23)21-17-8-9-24-18-14(17)4-3-5-16(18)20/h3-5,10,13,17H,6-9H2,1-2H3,(H,21,23). The molecular formula is C19H21FN2OS. The van der Waals surface area contributed by atoms with E-state index in [0.29, 0.717) is 10.9 Å². The highest BCUT2D eigenvalue weighted by atomic mass is 32.2. The molecule has 24 heavy (non-hydrogen) atoms. The SMILES string of the molecule is Cc1cc(C(=O)NC2CCSc3c(F)cccc32)c(C)n1C1CC1. The van der Waals surface area contributed by atoms with E-state index in [9.17, 15) is 9.18 Å². The van der Waals surface area contributed by atoms with Gasteiger partial charge in [-0.3, -0.25) is 4.79 Å². The first kappa shape index (κ1) is 15.8. The summed E-state index contributed by atoms with van der Waals surface area (Å²) in [5, 5.41) is 3.13. The molecule has 1 fully saturated rings. The van der Waals surface area contributed by atoms with E-state index in [0.717, 1.165) is 34.7 Å². The zero-order chi connectivity index (χ0) is 16.8. The molecule has 126 valence electrons. The fourth-order valence-corrected chi connectivity index (χ4v) is 4.81. The molecule has 2 heterocycles. The van der Waals surface area contributed by atoms with E-state index in [1.807, 2.05) is 19.1 Å². The number of benzene rings is 1. The number of hydrogen-bond acceptors (Lipinski definition) is 2. The minimum absolute atomic E-state index is 0.0536. The average Bonchev–Trinajstić information content (AvgIpc) is 3.34. The van der Waals surface area contributed by atoms with Gasteiger partial charge < -0.3 is 9.88 Å². The first-order valence-corrected chi connectivity index (χ1v) is 9.45. The molecule has 1 amide bonds. The molecule has 3 nitrogen and oxygen atoms in total. The van der Waals surface area contributed by atoms with E-state index in [4.69, 9.17) is 0 Å². The Bertz CT molecular complexity index is 810. The molecule has 1 saturated carbocycles. The number of thioether (sulfide) groups is 1. The van der Waals surface area contributed by atoms with Crippen molar-refractivity contribution in [1.82, 2.24) is 9.88 Å². The molecule has 0 spiro atoms. The second-order valence-corrected chi connectivity index (χ2v) is 7.81. The van der Waals surface area contributed by atoms with Crippen molar-refractivity contribution < 1.29 is 9.18 Å². The minimum Gasteiger partial charge on any atom is -0.345 e. The van der Waals surface area contributed by atoms with Crippen LogP contribution >= 0.6 is 11.8 Å². The monoisotopic (exact) mass is 344 g/mol. The molecule has 0 saturated heterocycles. The van der Waals surface area contributed by atoms with Crippen LogP contribution in [0.1, 0.15) is 58.7 Å². The zero-order valence-electron chi connectivity index (χ0n) is 13.9. The van der Waals surface area contributed by atoms with Crippen LogP contribution in [0.15, 0.2) is 29.2 Å². The molecule has 1 atom stereocenters. The van der Waals surface area contributed by atoms with E-state index in [1.54, 1.807) is 6.07 Å². The highest BCUT2D eigenvalue weighted by molar-refractivity contribution is 7.99. The van der Waals surface area contributed by atoms with Crippen molar-refractivity contribution in [3.63, 3.8) is 0 Å². The number of halogens is 1. The average molecular weight is 344 g/mol. The van der Waals surface area contributed by atoms with Crippen LogP contribution < -0.4 is 5.32 Å². The van der Waals surface area contributed by atoms with Crippen molar-refractivity contribution in [2.45, 2.75) is 50.1 Å². The maximum atomic E-state index is 14.0. The Morgan fingerprint density at radius 1 is 1.29 bits per heavy atom. The maximum Gasteiger partial charge on any atom is 0.253 e. The number of nitrogens with zero attached hydrogens (tertiary/aromatic N) is 1. The summed E-state index contributed by atoms with van der Waals surface area (Å²) in [6.45, 7) is 4.08. The summed E-state index contributed by atoms with van der Waals surface area (Å²) >= 11 is 1.53. The van der Waals surface area contributed by atoms with Gasteiger partial charge in [-0.2, -0.15) is 0 Å². The number of nitrogens with one attached hydrogen (secondary N) is 1. The Balaban J connectivity index is 1.60. The van der Waals surface area contributed by atoms with Gasteiger partial charge in [-0.05, 0) is 50.8 Å². The van der Waals surface area contributed by atoms with Gasteiger partial charge in [0.1, 0.15) is 5.82 Å². The van der Waals surface area contributed by atoms with Gasteiger partial charge in [-0.25, -0.2) is 4.39 Å². The Hall–Kier alpha value is -1.75. The fraction of sp³-hybridized carbons (Fsp3) is 0.421. The van der Waals surface area contributed by atoms with Crippen LogP contribution in [0.2, 0.25) is 0 Å². The van der Waals surface area contributed by atoms with Gasteiger partial charge in [0.15, 0.2) is 0 Å². The second kappa shape index (κ2) is 5.96. The van der Waals surface area contributed by atoms with Crippen LogP contribution in [-0.4, -0.2) is 16.2 Å². The number of aryl methyl sites for hydroxylation is 1. The number of rotatable bonds is 3. The Morgan fingerprint density at radius 3 is 2.83 bits per heavy atom. The molecule has 1 aliphatic heterocycles. The number of carbonyl (C=O) groups is 1. The van der Waals surface area contributed by atoms with Gasteiger partial charge in [0, 0.05) is 28.1 Å². The molecule has 5 heteroatoms. The quantitative estimate of drug-likeness (QED) is 0.886. The third-order valence-corrected chi connectivity index (χ3v) is 6.13. The van der Waals surface area contributed by atoms with Gasteiger partial charge in [-0.1, -0.05) is 12.1 Å². The first-order valence-electron chi connectivity index (χ1n) is 8.46. The van der Waals surface area contributed by atoms with E-state index < -0.39 is 0 Å². The van der Waals surface area contributed by atoms with Gasteiger partial charge in [-0.15, -0.1) is 11.8 Å². The van der Waals surface area contributed by atoms with E-state index in [1.165, 1.54) is 30.7 Å². The lowest BCUT2D eigenvalue weighted by molar-refractivity contribution is 0.0934. The van der Waals surface area contributed by atoms with E-state index in [2.05, 4.69) is 16.8 Å². The summed E-state index contributed by atoms with van der Waals surface area (Å²) in [5.41, 5.74) is 3.83. The molecule has 1 N–H and O–H groups in total. The Kier molecular flexibility index (Phi) is 3.91. The van der Waals surface area contributed by atoms with Gasteiger partial charge in [0.05, 0.1) is 11.6 Å². The third kappa shape index (κ3) is 2.65. The van der Waals surface area contributed by atoms with Crippen molar-refractivity contribution in [2.24, 2.45) is 0 Å². The normalized spacial score (nSPS) is 19.9. The highest BCUT2D eigenvalue weighted by Gasteiger charge is 2.30. The van der Waals surface area contributed by atoms with Crippen LogP contribution in [0.25, 0.3) is 0 Å². The van der Waals surface area contributed by atoms with Crippen molar-refractivity contribution in [1.29, 1.82) is 0 Å². The summed E-state index contributed by atoms with van der Waals surface area (Å²) in [6, 6.07) is 7.55. The smallest absolute Gasteiger partial charge is 0.253 e. The number of hydrogen-bond donors (Lipinski definition) is 1. The molecular weight excluding hydrogens is 323 g/mol. The number of carbonyl (C=O) groups excluding carboxylic acids is 1. The predicted molar refractivity (Wildman–Crippen MR) is 94.1 cm³/mol. The van der Waals surface area contributed by atoms with Crippen molar-refractivity contribution >= 4 is 17.7 Å². The lowest BCUT2D eigenvalue weighted by atomic mass is 10.0. The van der Waals surface area contributed by atoms with Gasteiger partial charge in [0.2, 0.25) is 0 Å². The van der Waals surface area contributed by atoms with Crippen LogP contribution in [0, 0.1) is 19.7 Å². The molecule has 1 unspecified atom stereocenters. The highest BCUT2D eigenvalue weighted by Crippen LogP contribution is 2.39. The second-order valence-electron chi connectivity index (χ2n) is 6.71. The van der Waals surface area contributed by atoms with Crippen LogP contribution in [0.5, 0.6) is 0 Å². The Morgan fingerprint density at radius 2 is 2.08 bits per heavy atom. The summed E-state index contributed by atoms with van der Waals surface area (Å²) in [6.07, 6.45) is 3.22. The van der Waals surface area contributed by atoms with Gasteiger partial charge in [0.25, 0.3) is 5.91 Å². The largest absolute Gasteiger partial charge is 0.345 e. The zero-order valence-corrected chi connectivity index (χ0v) is 14.8. The number of aromatic nitrogens is 1. The predicted octanol–water partition coefficient (Wildman–Crippen LogP) is 4.55. The fourth-order valence-electron chi connectivity index (χ4n) is 3.67. The maximum absolute atomic E-state index is 14.0. The summed E-state index contributed by atoms with van der Waals surface area (Å²) in [5.74, 6) is 0.574. The summed E-state index contributed by atoms with van der Waals surface area (Å²) < 4.78 is 16.3. The molecule has 1 aromatic carbocycles. The minimum atomic E-state index is -0.191. The third-order valence-electron chi connectivity index (χ3n) is 4.97. The number of fused-ring (bicyclic) bond motifs is 1. The molecule has 2 aliphatic rings. The molecule has 0 bridgehead atoms. The summed E-state index contributed by atoms with van der Waals surface area (Å²) in [7, 11) is 0. The summed E-state index contributed by atoms with van der Waals surface area (Å²) in [4.78, 5) is 13.5. The topological polar surface area (TPSA) is 34.0 Å². The van der Waals surface area contributed by atoms with Crippen molar-refractivity contribution in [2.75, 3.05) is 5.75 Å². The van der Waals surface area contributed by atoms with Crippen LogP contribution in [0.3, 0.4) is 0 Å². The lowest BCUT2D eigenvalue weighted by Gasteiger charge is -2.26. The molecule has 0 radical (unpaired) electrons. The first-order chi connectivity index (χ1) is 11.6. The van der Waals surface area contributed by atoms with Crippen molar-refractivity contribution in [3.05, 3.63) is 52.6 Å².